The lowest BCUT2D eigenvalue weighted by atomic mass is 9.92. The van der Waals surface area contributed by atoms with Crippen LogP contribution in [0, 0.1) is 0 Å². The van der Waals surface area contributed by atoms with Crippen LogP contribution < -0.4 is 4.90 Å². The lowest BCUT2D eigenvalue weighted by Gasteiger charge is -2.32. The van der Waals surface area contributed by atoms with Gasteiger partial charge in [0.15, 0.2) is 0 Å². The molecule has 0 aliphatic carbocycles. The van der Waals surface area contributed by atoms with Gasteiger partial charge in [0, 0.05) is 17.9 Å². The van der Waals surface area contributed by atoms with Crippen LogP contribution in [0.1, 0.15) is 44.7 Å². The first-order valence-electron chi connectivity index (χ1n) is 6.18. The van der Waals surface area contributed by atoms with E-state index in [2.05, 4.69) is 63.1 Å². The Morgan fingerprint density at radius 2 is 1.88 bits per heavy atom. The molecule has 0 aromatic heterocycles. The quantitative estimate of drug-likeness (QED) is 0.718. The number of benzene rings is 1. The van der Waals surface area contributed by atoms with Gasteiger partial charge in [-0.1, -0.05) is 32.1 Å². The average Bonchev–Trinajstić information content (AvgIpc) is 2.27. The fraction of sp³-hybridized carbons (Fsp3) is 0.467. The Morgan fingerprint density at radius 1 is 1.12 bits per heavy atom. The Hall–Kier alpha value is -1.24. The minimum Gasteiger partial charge on any atom is -0.346 e. The molecule has 1 aliphatic rings. The Morgan fingerprint density at radius 3 is 2.50 bits per heavy atom. The van der Waals surface area contributed by atoms with Crippen molar-refractivity contribution in [3.05, 3.63) is 41.6 Å². The van der Waals surface area contributed by atoms with Crippen LogP contribution in [0.2, 0.25) is 0 Å². The number of nitrogens with zero attached hydrogens (tertiary/aromatic N) is 1. The number of hydrogen-bond acceptors (Lipinski definition) is 1. The highest BCUT2D eigenvalue weighted by Crippen LogP contribution is 2.33. The maximum Gasteiger partial charge on any atom is 0.0447 e. The SMILES string of the molecule is CC(C)c1cccc2c1CC=CN2C(C)C. The normalized spacial score (nSPS) is 14.8. The van der Waals surface area contributed by atoms with Crippen LogP contribution in [0.25, 0.3) is 0 Å². The third-order valence-electron chi connectivity index (χ3n) is 3.23. The summed E-state index contributed by atoms with van der Waals surface area (Å²) in [5.41, 5.74) is 4.39. The minimum atomic E-state index is 0.526. The molecule has 0 unspecified atom stereocenters. The second-order valence-corrected chi connectivity index (χ2v) is 5.09. The van der Waals surface area contributed by atoms with E-state index in [1.165, 1.54) is 16.8 Å². The highest BCUT2D eigenvalue weighted by Gasteiger charge is 2.18. The van der Waals surface area contributed by atoms with Gasteiger partial charge in [0.2, 0.25) is 0 Å². The zero-order valence-corrected chi connectivity index (χ0v) is 10.7. The smallest absolute Gasteiger partial charge is 0.0447 e. The molecule has 1 heterocycles. The number of fused-ring (bicyclic) bond motifs is 1. The van der Waals surface area contributed by atoms with Gasteiger partial charge in [-0.25, -0.2) is 0 Å². The van der Waals surface area contributed by atoms with Crippen molar-refractivity contribution in [1.82, 2.24) is 0 Å². The van der Waals surface area contributed by atoms with Crippen LogP contribution in [0.15, 0.2) is 30.5 Å². The highest BCUT2D eigenvalue weighted by atomic mass is 15.1. The number of allylic oxidation sites excluding steroid dienone is 1. The standard InChI is InChI=1S/C15H21N/c1-11(2)13-7-5-9-15-14(13)8-6-10-16(15)12(3)4/h5-7,9-12H,8H2,1-4H3. The average molecular weight is 215 g/mol. The predicted octanol–water partition coefficient (Wildman–Crippen LogP) is 4.09. The van der Waals surface area contributed by atoms with Crippen molar-refractivity contribution in [2.45, 2.75) is 46.1 Å². The third kappa shape index (κ3) is 1.87. The molecule has 2 rings (SSSR count). The minimum absolute atomic E-state index is 0.526. The van der Waals surface area contributed by atoms with Gasteiger partial charge in [-0.05, 0) is 43.4 Å². The summed E-state index contributed by atoms with van der Waals surface area (Å²) in [6, 6.07) is 7.21. The first kappa shape index (κ1) is 11.3. The van der Waals surface area contributed by atoms with Crippen molar-refractivity contribution in [3.8, 4) is 0 Å². The molecular formula is C15H21N. The van der Waals surface area contributed by atoms with Crippen LogP contribution in [0.3, 0.4) is 0 Å². The molecule has 0 atom stereocenters. The molecule has 1 aromatic carbocycles. The number of rotatable bonds is 2. The fourth-order valence-electron chi connectivity index (χ4n) is 2.41. The van der Waals surface area contributed by atoms with Crippen LogP contribution in [0.5, 0.6) is 0 Å². The van der Waals surface area contributed by atoms with E-state index < -0.39 is 0 Å². The summed E-state index contributed by atoms with van der Waals surface area (Å²) in [5.74, 6) is 0.607. The van der Waals surface area contributed by atoms with E-state index in [9.17, 15) is 0 Å². The van der Waals surface area contributed by atoms with Crippen molar-refractivity contribution in [2.24, 2.45) is 0 Å². The molecule has 0 N–H and O–H groups in total. The number of anilines is 1. The number of hydrogen-bond donors (Lipinski definition) is 0. The van der Waals surface area contributed by atoms with E-state index >= 15 is 0 Å². The van der Waals surface area contributed by atoms with Crippen molar-refractivity contribution in [1.29, 1.82) is 0 Å². The summed E-state index contributed by atoms with van der Waals surface area (Å²) in [5, 5.41) is 0. The molecule has 1 aromatic rings. The molecule has 1 aliphatic heterocycles. The summed E-state index contributed by atoms with van der Waals surface area (Å²) in [4.78, 5) is 2.37. The molecule has 0 radical (unpaired) electrons. The van der Waals surface area contributed by atoms with Crippen molar-refractivity contribution >= 4 is 5.69 Å². The second kappa shape index (κ2) is 4.32. The molecule has 0 saturated carbocycles. The Bertz CT molecular complexity index is 402. The molecule has 16 heavy (non-hydrogen) atoms. The molecule has 0 bridgehead atoms. The summed E-state index contributed by atoms with van der Waals surface area (Å²) in [7, 11) is 0. The fourth-order valence-corrected chi connectivity index (χ4v) is 2.41. The Balaban J connectivity index is 2.50. The van der Waals surface area contributed by atoms with Crippen molar-refractivity contribution in [3.63, 3.8) is 0 Å². The van der Waals surface area contributed by atoms with Crippen LogP contribution in [-0.2, 0) is 6.42 Å². The van der Waals surface area contributed by atoms with Gasteiger partial charge in [-0.3, -0.25) is 0 Å². The maximum atomic E-state index is 2.37. The molecule has 86 valence electrons. The molecule has 0 saturated heterocycles. The Labute approximate surface area is 98.8 Å². The van der Waals surface area contributed by atoms with Crippen molar-refractivity contribution < 1.29 is 0 Å². The molecule has 0 spiro atoms. The zero-order chi connectivity index (χ0) is 11.7. The van der Waals surface area contributed by atoms with Crippen LogP contribution in [-0.4, -0.2) is 6.04 Å². The monoisotopic (exact) mass is 215 g/mol. The van der Waals surface area contributed by atoms with Gasteiger partial charge in [0.05, 0.1) is 0 Å². The summed E-state index contributed by atoms with van der Waals surface area (Å²) in [6.45, 7) is 9.02. The largest absolute Gasteiger partial charge is 0.346 e. The molecule has 1 heteroatoms. The van der Waals surface area contributed by atoms with E-state index in [1.807, 2.05) is 0 Å². The zero-order valence-electron chi connectivity index (χ0n) is 10.7. The van der Waals surface area contributed by atoms with Crippen LogP contribution in [0.4, 0.5) is 5.69 Å². The second-order valence-electron chi connectivity index (χ2n) is 5.09. The summed E-state index contributed by atoms with van der Waals surface area (Å²) >= 11 is 0. The van der Waals surface area contributed by atoms with Gasteiger partial charge < -0.3 is 4.90 Å². The third-order valence-corrected chi connectivity index (χ3v) is 3.23. The lowest BCUT2D eigenvalue weighted by molar-refractivity contribution is 0.761. The molecule has 1 nitrogen and oxygen atoms in total. The van der Waals surface area contributed by atoms with E-state index in [0.29, 0.717) is 12.0 Å². The maximum absolute atomic E-state index is 2.37. The van der Waals surface area contributed by atoms with Crippen LogP contribution >= 0.6 is 0 Å². The molecular weight excluding hydrogens is 194 g/mol. The topological polar surface area (TPSA) is 3.24 Å². The van der Waals surface area contributed by atoms with E-state index in [0.717, 1.165) is 6.42 Å². The lowest BCUT2D eigenvalue weighted by Crippen LogP contribution is -2.28. The van der Waals surface area contributed by atoms with Gasteiger partial charge in [-0.15, -0.1) is 0 Å². The van der Waals surface area contributed by atoms with E-state index in [1.54, 1.807) is 0 Å². The first-order chi connectivity index (χ1) is 7.61. The van der Waals surface area contributed by atoms with Crippen molar-refractivity contribution in [2.75, 3.05) is 4.90 Å². The predicted molar refractivity (Wildman–Crippen MR) is 71.0 cm³/mol. The van der Waals surface area contributed by atoms with Gasteiger partial charge in [0.25, 0.3) is 0 Å². The van der Waals surface area contributed by atoms with E-state index in [-0.39, 0.29) is 0 Å². The molecule has 0 fully saturated rings. The van der Waals surface area contributed by atoms with Gasteiger partial charge in [0.1, 0.15) is 0 Å². The van der Waals surface area contributed by atoms with Gasteiger partial charge in [-0.2, -0.15) is 0 Å². The molecule has 0 amide bonds. The highest BCUT2D eigenvalue weighted by molar-refractivity contribution is 5.62. The summed E-state index contributed by atoms with van der Waals surface area (Å²) < 4.78 is 0. The van der Waals surface area contributed by atoms with Gasteiger partial charge >= 0.3 is 0 Å². The first-order valence-corrected chi connectivity index (χ1v) is 6.18. The van der Waals surface area contributed by atoms with E-state index in [4.69, 9.17) is 0 Å². The Kier molecular flexibility index (Phi) is 3.04. The summed E-state index contributed by atoms with van der Waals surface area (Å²) in [6.07, 6.45) is 5.57.